The lowest BCUT2D eigenvalue weighted by Gasteiger charge is -2.32. The van der Waals surface area contributed by atoms with Crippen LogP contribution >= 0.6 is 0 Å². The van der Waals surface area contributed by atoms with E-state index in [9.17, 15) is 33.7 Å². The number of amidine groups is 1. The summed E-state index contributed by atoms with van der Waals surface area (Å²) in [5.41, 5.74) is 9.07. The van der Waals surface area contributed by atoms with Crippen LogP contribution in [0.3, 0.4) is 0 Å². The summed E-state index contributed by atoms with van der Waals surface area (Å²) in [7, 11) is -7.09. The quantitative estimate of drug-likeness (QED) is 0.0450. The highest BCUT2D eigenvalue weighted by Crippen LogP contribution is 2.34. The molecule has 0 unspecified atom stereocenters. The van der Waals surface area contributed by atoms with Crippen molar-refractivity contribution >= 4 is 63.8 Å². The lowest BCUT2D eigenvalue weighted by molar-refractivity contribution is 0.232. The highest BCUT2D eigenvalue weighted by Gasteiger charge is 2.31. The van der Waals surface area contributed by atoms with Gasteiger partial charge in [0.1, 0.15) is 29.5 Å². The minimum Gasteiger partial charge on any atom is -0.494 e. The van der Waals surface area contributed by atoms with Gasteiger partial charge < -0.3 is 38.5 Å². The van der Waals surface area contributed by atoms with Crippen molar-refractivity contribution in [2.24, 2.45) is 60.3 Å². The second kappa shape index (κ2) is 40.8. The lowest BCUT2D eigenvalue weighted by Crippen LogP contribution is -2.39. The third kappa shape index (κ3) is 25.5. The summed E-state index contributed by atoms with van der Waals surface area (Å²) in [4.78, 5) is 12.0. The van der Waals surface area contributed by atoms with Crippen molar-refractivity contribution in [2.45, 2.75) is 155 Å². The topological polar surface area (TPSA) is 367 Å². The fraction of sp³-hybridized carbons (Fsp3) is 0.650. The Hall–Kier alpha value is -8.60. The Labute approximate surface area is 701 Å². The normalized spacial score (nSPS) is 18.9. The molecule has 0 amide bonds. The molecule has 0 bridgehead atoms. The fourth-order valence-electron chi connectivity index (χ4n) is 17.2. The molecule has 3 aromatic heterocycles. The number of piperidine rings is 4. The van der Waals surface area contributed by atoms with Crippen LogP contribution in [0.15, 0.2) is 88.2 Å². The van der Waals surface area contributed by atoms with Crippen LogP contribution in [-0.4, -0.2) is 259 Å². The molecule has 0 aliphatic carbocycles. The highest BCUT2D eigenvalue weighted by molar-refractivity contribution is 7.89. The average Bonchev–Trinajstić information content (AvgIpc) is 1.51. The maximum Gasteiger partial charge on any atom is 0.266 e. The fourth-order valence-corrected chi connectivity index (χ4v) is 20.4. The zero-order valence-corrected chi connectivity index (χ0v) is 73.3. The van der Waals surface area contributed by atoms with E-state index in [1.807, 2.05) is 55.6 Å². The van der Waals surface area contributed by atoms with Gasteiger partial charge in [0.15, 0.2) is 5.84 Å². The molecule has 0 radical (unpaired) electrons. The molecule has 12 heterocycles. The molecule has 4 fully saturated rings. The van der Waals surface area contributed by atoms with Crippen molar-refractivity contribution in [3.05, 3.63) is 117 Å². The van der Waals surface area contributed by atoms with Crippen molar-refractivity contribution in [1.82, 2.24) is 82.7 Å². The first-order chi connectivity index (χ1) is 57.1. The van der Waals surface area contributed by atoms with Crippen LogP contribution in [0.2, 0.25) is 0 Å². The minimum atomic E-state index is -3.14. The summed E-state index contributed by atoms with van der Waals surface area (Å²) in [5, 5.41) is 48.0. The van der Waals surface area contributed by atoms with Gasteiger partial charge in [-0.2, -0.15) is 31.9 Å². The standard InChI is InChI=1S/3C20H30N6O3S.C20H29N5O3S/c1-24-20(21-22-23-24)25-10-7-16(8-11-25)4-3-13-29-19-6-5-18-15-26(30(2,27)28)12-9-17(18)14-19;2*1-24-22-20(21-23-24)25-10-7-16(8-11-25)4-3-13-29-19-6-5-18-15-26(30(2,27)28)12-9-17(18)14-19;1-29(26,27)25-11-8-17-13-19(5-4-18(17)15-25)28-12-2-3-16-6-9-24(10-7-16)20-14-21-23-22-20/h3*5-6,14,16H,3-4,7-13,15H2,1-2H3;4-5,13,16H,2-3,6-12,14-15H2,1H3. The Balaban J connectivity index is 0.000000137. The molecule has 4 aromatic carbocycles. The monoisotopic (exact) mass is 1720 g/mol. The van der Waals surface area contributed by atoms with Gasteiger partial charge in [0, 0.05) is 112 Å². The number of benzene rings is 4. The summed E-state index contributed by atoms with van der Waals surface area (Å²) >= 11 is 0. The molecular weight excluding hydrogens is 1600 g/mol. The van der Waals surface area contributed by atoms with Gasteiger partial charge in [0.05, 0.1) is 65.5 Å². The van der Waals surface area contributed by atoms with E-state index in [1.165, 1.54) is 99.8 Å². The van der Waals surface area contributed by atoms with Crippen molar-refractivity contribution in [3.8, 4) is 23.0 Å². The first-order valence-corrected chi connectivity index (χ1v) is 49.5. The van der Waals surface area contributed by atoms with Crippen LogP contribution in [0.1, 0.15) is 147 Å². The molecule has 35 nitrogen and oxygen atoms in total. The van der Waals surface area contributed by atoms with Crippen LogP contribution in [0.5, 0.6) is 23.0 Å². The maximum absolute atomic E-state index is 11.7. The molecule has 4 saturated heterocycles. The predicted octanol–water partition coefficient (Wildman–Crippen LogP) is 7.46. The van der Waals surface area contributed by atoms with Crippen molar-refractivity contribution in [2.75, 3.05) is 151 Å². The van der Waals surface area contributed by atoms with Crippen molar-refractivity contribution in [1.29, 1.82) is 0 Å². The number of aryl methyl sites for hydroxylation is 3. The van der Waals surface area contributed by atoms with Crippen LogP contribution in [0.4, 0.5) is 17.8 Å². The number of sulfonamides is 4. The Kier molecular flexibility index (Phi) is 30.3. The third-order valence-corrected chi connectivity index (χ3v) is 29.3. The number of ether oxygens (including phenoxy) is 4. The van der Waals surface area contributed by atoms with E-state index in [0.717, 1.165) is 242 Å². The highest BCUT2D eigenvalue weighted by atomic mass is 32.2. The van der Waals surface area contributed by atoms with Gasteiger partial charge in [-0.1, -0.05) is 39.6 Å². The zero-order valence-electron chi connectivity index (χ0n) is 70.0. The van der Waals surface area contributed by atoms with Gasteiger partial charge in [0.2, 0.25) is 46.0 Å². The number of rotatable bonds is 27. The second-order valence-corrected chi connectivity index (χ2v) is 40.9. The Morgan fingerprint density at radius 2 is 0.664 bits per heavy atom. The van der Waals surface area contributed by atoms with E-state index in [-0.39, 0.29) is 0 Å². The predicted molar refractivity (Wildman–Crippen MR) is 453 cm³/mol. The van der Waals surface area contributed by atoms with Gasteiger partial charge in [-0.25, -0.2) is 38.4 Å². The molecular formula is C80H119N23O12S4. The summed E-state index contributed by atoms with van der Waals surface area (Å²) in [5.74, 6) is 9.74. The Morgan fingerprint density at radius 1 is 0.361 bits per heavy atom. The molecule has 9 aliphatic heterocycles. The smallest absolute Gasteiger partial charge is 0.266 e. The van der Waals surface area contributed by atoms with Crippen LogP contribution in [-0.2, 0) is 113 Å². The number of fused-ring (bicyclic) bond motifs is 4. The number of aromatic nitrogens is 12. The van der Waals surface area contributed by atoms with Gasteiger partial charge >= 0.3 is 0 Å². The van der Waals surface area contributed by atoms with E-state index in [4.69, 9.17) is 18.9 Å². The number of tetrazole rings is 3. The maximum atomic E-state index is 11.7. The molecule has 7 aromatic rings. The lowest BCUT2D eigenvalue weighted by atomic mass is 9.92. The van der Waals surface area contributed by atoms with Gasteiger partial charge in [-0.05, 0) is 271 Å². The number of hydrogen-bond donors (Lipinski definition) is 0. The van der Waals surface area contributed by atoms with E-state index >= 15 is 0 Å². The van der Waals surface area contributed by atoms with Gasteiger partial charge in [-0.3, -0.25) is 0 Å². The van der Waals surface area contributed by atoms with E-state index in [2.05, 4.69) is 106 Å². The largest absolute Gasteiger partial charge is 0.494 e. The van der Waals surface area contributed by atoms with Crippen LogP contribution in [0.25, 0.3) is 0 Å². The second-order valence-electron chi connectivity index (χ2n) is 33.0. The van der Waals surface area contributed by atoms with Crippen molar-refractivity contribution in [3.63, 3.8) is 0 Å². The molecule has 0 spiro atoms. The van der Waals surface area contributed by atoms with Crippen molar-refractivity contribution < 1.29 is 52.6 Å². The number of hydrogen-bond acceptors (Lipinski definition) is 28. The molecule has 0 saturated carbocycles. The van der Waals surface area contributed by atoms with E-state index in [1.54, 1.807) is 18.8 Å². The summed E-state index contributed by atoms with van der Waals surface area (Å²) in [6.45, 7) is 15.5. The number of nitrogens with zero attached hydrogens (tertiary/aromatic N) is 23. The first kappa shape index (κ1) is 88.2. The molecule has 9 aliphatic rings. The average molecular weight is 1720 g/mol. The summed E-state index contributed by atoms with van der Waals surface area (Å²) in [6.07, 6.45) is 26.1. The minimum absolute atomic E-state index is 0.456. The summed E-state index contributed by atoms with van der Waals surface area (Å²) in [6, 6.07) is 24.1. The molecule has 119 heavy (non-hydrogen) atoms. The Morgan fingerprint density at radius 3 is 0.924 bits per heavy atom. The van der Waals surface area contributed by atoms with Gasteiger partial charge in [-0.15, -0.1) is 15.3 Å². The molecule has 0 atom stereocenters. The number of anilines is 3. The molecule has 39 heteroatoms. The zero-order chi connectivity index (χ0) is 83.7. The van der Waals surface area contributed by atoms with E-state index < -0.39 is 40.1 Å². The molecule has 0 N–H and O–H groups in total. The summed E-state index contributed by atoms with van der Waals surface area (Å²) < 4.78 is 126. The molecule has 650 valence electrons. The first-order valence-electron chi connectivity index (χ1n) is 42.1. The third-order valence-electron chi connectivity index (χ3n) is 24.3. The van der Waals surface area contributed by atoms with Crippen LogP contribution < -0.4 is 33.6 Å². The number of likely N-dealkylation sites (tertiary alicyclic amines) is 1. The molecule has 16 rings (SSSR count). The van der Waals surface area contributed by atoms with Crippen LogP contribution in [0, 0.1) is 23.7 Å². The SMILES string of the molecule is CS(=O)(=O)N1CCc2cc(OCCCC3CCN(C4=NN=NC4)CC3)ccc2C1.Cn1nnc(N2CCC(CCCOc3ccc4c(c3)CCN(S(C)(=O)=O)C4)CC2)n1.Cn1nnc(N2CCC(CCCOc3ccc4c(c3)CCN(S(C)(=O)=O)C4)CC2)n1.Cn1nnnc1N1CCC(CCCOc2ccc3c(c2)CCN(S(C)(=O)=O)C3)CC1. The Bertz CT molecular complexity index is 4880. The van der Waals surface area contributed by atoms with E-state index in [0.29, 0.717) is 90.6 Å². The van der Waals surface area contributed by atoms with Gasteiger partial charge in [0.25, 0.3) is 11.9 Å².